The van der Waals surface area contributed by atoms with Gasteiger partial charge in [0.2, 0.25) is 0 Å². The number of hydrogen-bond donors (Lipinski definition) is 2. The standard InChI is InChI=1S/C12H16N2/c13-12(5-6-12)10-3-4-11-9(8-10)2-1-7-14-11/h3-4,8,14H,1-2,5-7,13H2. The van der Waals surface area contributed by atoms with Crippen molar-refractivity contribution in [2.45, 2.75) is 31.2 Å². The van der Waals surface area contributed by atoms with E-state index in [1.165, 1.54) is 29.7 Å². The topological polar surface area (TPSA) is 38.0 Å². The normalized spacial score (nSPS) is 22.4. The highest BCUT2D eigenvalue weighted by molar-refractivity contribution is 5.55. The maximum absolute atomic E-state index is 6.18. The highest BCUT2D eigenvalue weighted by Gasteiger charge is 2.40. The minimum absolute atomic E-state index is 0.0203. The zero-order valence-electron chi connectivity index (χ0n) is 8.34. The number of benzene rings is 1. The zero-order valence-corrected chi connectivity index (χ0v) is 8.34. The van der Waals surface area contributed by atoms with Crippen molar-refractivity contribution < 1.29 is 0 Å². The quantitative estimate of drug-likeness (QED) is 0.707. The van der Waals surface area contributed by atoms with Crippen molar-refractivity contribution >= 4 is 5.69 Å². The second kappa shape index (κ2) is 2.74. The Morgan fingerprint density at radius 3 is 2.93 bits per heavy atom. The Hall–Kier alpha value is -1.02. The molecule has 1 aliphatic heterocycles. The number of hydrogen-bond acceptors (Lipinski definition) is 2. The summed E-state index contributed by atoms with van der Waals surface area (Å²) in [5.41, 5.74) is 10.3. The molecule has 74 valence electrons. The van der Waals surface area contributed by atoms with Crippen molar-refractivity contribution in [3.63, 3.8) is 0 Å². The molecule has 0 amide bonds. The molecule has 1 heterocycles. The molecule has 1 fully saturated rings. The average Bonchev–Trinajstić information content (AvgIpc) is 2.97. The second-order valence-corrected chi connectivity index (χ2v) is 4.56. The Morgan fingerprint density at radius 2 is 2.14 bits per heavy atom. The van der Waals surface area contributed by atoms with Crippen molar-refractivity contribution in [3.05, 3.63) is 29.3 Å². The number of rotatable bonds is 1. The number of nitrogens with two attached hydrogens (primary N) is 1. The molecule has 0 bridgehead atoms. The summed E-state index contributed by atoms with van der Waals surface area (Å²) >= 11 is 0. The van der Waals surface area contributed by atoms with Gasteiger partial charge in [-0.05, 0) is 42.9 Å². The van der Waals surface area contributed by atoms with Crippen LogP contribution in [0.4, 0.5) is 5.69 Å². The van der Waals surface area contributed by atoms with Gasteiger partial charge in [-0.15, -0.1) is 0 Å². The van der Waals surface area contributed by atoms with Crippen molar-refractivity contribution in [2.75, 3.05) is 11.9 Å². The molecule has 3 rings (SSSR count). The van der Waals surface area contributed by atoms with E-state index in [4.69, 9.17) is 5.73 Å². The van der Waals surface area contributed by atoms with Crippen LogP contribution in [0.25, 0.3) is 0 Å². The van der Waals surface area contributed by atoms with Gasteiger partial charge >= 0.3 is 0 Å². The minimum Gasteiger partial charge on any atom is -0.385 e. The Labute approximate surface area is 84.5 Å². The van der Waals surface area contributed by atoms with E-state index in [2.05, 4.69) is 23.5 Å². The molecule has 0 spiro atoms. The molecule has 0 aromatic heterocycles. The molecule has 1 aromatic rings. The molecule has 1 aromatic carbocycles. The van der Waals surface area contributed by atoms with Crippen molar-refractivity contribution in [1.82, 2.24) is 0 Å². The third-order valence-corrected chi connectivity index (χ3v) is 3.41. The van der Waals surface area contributed by atoms with E-state index in [-0.39, 0.29) is 5.54 Å². The van der Waals surface area contributed by atoms with Crippen molar-refractivity contribution in [1.29, 1.82) is 0 Å². The molecule has 0 atom stereocenters. The van der Waals surface area contributed by atoms with Gasteiger partial charge in [0.25, 0.3) is 0 Å². The van der Waals surface area contributed by atoms with Gasteiger partial charge in [-0.2, -0.15) is 0 Å². The van der Waals surface area contributed by atoms with Crippen LogP contribution < -0.4 is 11.1 Å². The largest absolute Gasteiger partial charge is 0.385 e. The molecule has 0 unspecified atom stereocenters. The first-order valence-electron chi connectivity index (χ1n) is 5.44. The zero-order chi connectivity index (χ0) is 9.60. The van der Waals surface area contributed by atoms with Gasteiger partial charge in [0.05, 0.1) is 0 Å². The summed E-state index contributed by atoms with van der Waals surface area (Å²) < 4.78 is 0. The van der Waals surface area contributed by atoms with E-state index in [1.54, 1.807) is 0 Å². The van der Waals surface area contributed by atoms with Crippen LogP contribution in [0.5, 0.6) is 0 Å². The van der Waals surface area contributed by atoms with Gasteiger partial charge in [-0.1, -0.05) is 12.1 Å². The molecule has 2 aliphatic rings. The van der Waals surface area contributed by atoms with Crippen LogP contribution in [0, 0.1) is 0 Å². The Morgan fingerprint density at radius 1 is 1.29 bits per heavy atom. The number of anilines is 1. The van der Waals surface area contributed by atoms with Gasteiger partial charge in [-0.3, -0.25) is 0 Å². The van der Waals surface area contributed by atoms with Gasteiger partial charge in [0, 0.05) is 17.8 Å². The van der Waals surface area contributed by atoms with Gasteiger partial charge < -0.3 is 11.1 Å². The third-order valence-electron chi connectivity index (χ3n) is 3.41. The molecule has 0 radical (unpaired) electrons. The number of fused-ring (bicyclic) bond motifs is 1. The predicted molar refractivity (Wildman–Crippen MR) is 58.4 cm³/mol. The second-order valence-electron chi connectivity index (χ2n) is 4.56. The minimum atomic E-state index is 0.0203. The maximum atomic E-state index is 6.18. The van der Waals surface area contributed by atoms with Crippen LogP contribution in [0.1, 0.15) is 30.4 Å². The lowest BCUT2D eigenvalue weighted by molar-refractivity contribution is 0.733. The van der Waals surface area contributed by atoms with Gasteiger partial charge in [-0.25, -0.2) is 0 Å². The first kappa shape index (κ1) is 8.30. The monoisotopic (exact) mass is 188 g/mol. The predicted octanol–water partition coefficient (Wildman–Crippen LogP) is 1.99. The first-order chi connectivity index (χ1) is 6.78. The van der Waals surface area contributed by atoms with Crippen LogP contribution in [-0.4, -0.2) is 6.54 Å². The first-order valence-corrected chi connectivity index (χ1v) is 5.44. The number of nitrogens with one attached hydrogen (secondary N) is 1. The van der Waals surface area contributed by atoms with E-state index in [0.29, 0.717) is 0 Å². The molecular formula is C12H16N2. The lowest BCUT2D eigenvalue weighted by Crippen LogP contribution is -2.20. The Bertz CT molecular complexity index is 367. The molecule has 1 aliphatic carbocycles. The fourth-order valence-electron chi connectivity index (χ4n) is 2.21. The average molecular weight is 188 g/mol. The molecule has 2 nitrogen and oxygen atoms in total. The van der Waals surface area contributed by atoms with E-state index < -0.39 is 0 Å². The van der Waals surface area contributed by atoms with E-state index in [0.717, 1.165) is 19.4 Å². The molecule has 3 N–H and O–H groups in total. The maximum Gasteiger partial charge on any atom is 0.0411 e. The highest BCUT2D eigenvalue weighted by atomic mass is 14.9. The van der Waals surface area contributed by atoms with E-state index in [9.17, 15) is 0 Å². The Kier molecular flexibility index (Phi) is 1.62. The lowest BCUT2D eigenvalue weighted by Gasteiger charge is -2.20. The van der Waals surface area contributed by atoms with E-state index in [1.807, 2.05) is 0 Å². The van der Waals surface area contributed by atoms with Crippen LogP contribution in [0.2, 0.25) is 0 Å². The summed E-state index contributed by atoms with van der Waals surface area (Å²) in [6.07, 6.45) is 4.75. The van der Waals surface area contributed by atoms with E-state index >= 15 is 0 Å². The fourth-order valence-corrected chi connectivity index (χ4v) is 2.21. The summed E-state index contributed by atoms with van der Waals surface area (Å²) in [6.45, 7) is 1.11. The molecule has 0 saturated heterocycles. The van der Waals surface area contributed by atoms with Crippen molar-refractivity contribution in [3.8, 4) is 0 Å². The molecule has 2 heteroatoms. The summed E-state index contributed by atoms with van der Waals surface area (Å²) in [5, 5.41) is 3.42. The summed E-state index contributed by atoms with van der Waals surface area (Å²) in [4.78, 5) is 0. The van der Waals surface area contributed by atoms with Crippen LogP contribution in [0.15, 0.2) is 18.2 Å². The van der Waals surface area contributed by atoms with Gasteiger partial charge in [0.15, 0.2) is 0 Å². The lowest BCUT2D eigenvalue weighted by atomic mass is 9.97. The van der Waals surface area contributed by atoms with Crippen LogP contribution >= 0.6 is 0 Å². The summed E-state index contributed by atoms with van der Waals surface area (Å²) in [7, 11) is 0. The van der Waals surface area contributed by atoms with Crippen molar-refractivity contribution in [2.24, 2.45) is 5.73 Å². The molecular weight excluding hydrogens is 172 g/mol. The highest BCUT2D eigenvalue weighted by Crippen LogP contribution is 2.43. The fraction of sp³-hybridized carbons (Fsp3) is 0.500. The Balaban J connectivity index is 2.01. The number of aryl methyl sites for hydroxylation is 1. The summed E-state index contributed by atoms with van der Waals surface area (Å²) in [6, 6.07) is 6.68. The smallest absolute Gasteiger partial charge is 0.0411 e. The third kappa shape index (κ3) is 1.22. The molecule has 14 heavy (non-hydrogen) atoms. The van der Waals surface area contributed by atoms with Gasteiger partial charge in [0.1, 0.15) is 0 Å². The molecule has 1 saturated carbocycles. The van der Waals surface area contributed by atoms with Crippen LogP contribution in [-0.2, 0) is 12.0 Å². The SMILES string of the molecule is NC1(c2ccc3c(c2)CCCN3)CC1. The van der Waals surface area contributed by atoms with Crippen LogP contribution in [0.3, 0.4) is 0 Å². The summed E-state index contributed by atoms with van der Waals surface area (Å²) in [5.74, 6) is 0.